The van der Waals surface area contributed by atoms with Crippen LogP contribution in [0.1, 0.15) is 65.9 Å². The van der Waals surface area contributed by atoms with Crippen LogP contribution in [-0.2, 0) is 15.4 Å². The van der Waals surface area contributed by atoms with Gasteiger partial charge >= 0.3 is 66.9 Å². The molecule has 3 rings (SSSR count). The number of aromatic amines is 1. The molecule has 11 heteroatoms. The van der Waals surface area contributed by atoms with Crippen molar-refractivity contribution in [1.82, 2.24) is 4.98 Å². The fourth-order valence-electron chi connectivity index (χ4n) is 3.62. The molecule has 0 radical (unpaired) electrons. The summed E-state index contributed by atoms with van der Waals surface area (Å²) in [6, 6.07) is 10.1. The molecule has 0 fully saturated rings. The zero-order valence-electron chi connectivity index (χ0n) is 23.5. The van der Waals surface area contributed by atoms with Gasteiger partial charge in [0, 0.05) is 34.4 Å². The van der Waals surface area contributed by atoms with Crippen LogP contribution in [0.3, 0.4) is 0 Å². The largest absolute Gasteiger partial charge is 1.00 e. The number of aromatic nitrogens is 1. The molecular weight excluding hydrogens is 489 g/mol. The molecule has 180 valence electrons. The first kappa shape index (κ1) is 32.1. The molecule has 4 N–H and O–H groups in total. The van der Waals surface area contributed by atoms with E-state index in [2.05, 4.69) is 10.3 Å². The Morgan fingerprint density at radius 3 is 2.11 bits per heavy atom. The summed E-state index contributed by atoms with van der Waals surface area (Å²) in [6.07, 6.45) is 1.35. The summed E-state index contributed by atoms with van der Waals surface area (Å²) in [5.41, 5.74) is 0.802. The van der Waals surface area contributed by atoms with Crippen molar-refractivity contribution in [2.45, 2.75) is 52.4 Å². The van der Waals surface area contributed by atoms with Crippen molar-refractivity contribution in [2.24, 2.45) is 0 Å². The quantitative estimate of drug-likeness (QED) is 0.260. The van der Waals surface area contributed by atoms with Crippen molar-refractivity contribution in [3.63, 3.8) is 0 Å². The van der Waals surface area contributed by atoms with Gasteiger partial charge in [-0.25, -0.2) is 4.57 Å². The topological polar surface area (TPSA) is 129 Å². The van der Waals surface area contributed by atoms with Crippen molar-refractivity contribution < 1.29 is 85.6 Å². The smallest absolute Gasteiger partial charge is 1.00 e. The van der Waals surface area contributed by atoms with Gasteiger partial charge in [0.25, 0.3) is 5.91 Å². The Labute approximate surface area is 252 Å². The van der Waals surface area contributed by atoms with Crippen molar-refractivity contribution >= 4 is 30.3 Å². The Hall–Kier alpha value is -0.930. The Balaban J connectivity index is 0. The average molecular weight is 520 g/mol. The molecule has 0 aliphatic rings. The van der Waals surface area contributed by atoms with Gasteiger partial charge in [-0.15, -0.1) is 0 Å². The van der Waals surface area contributed by atoms with Gasteiger partial charge in [0.2, 0.25) is 5.43 Å². The minimum atomic E-state index is -4.85. The van der Waals surface area contributed by atoms with Gasteiger partial charge in [0.05, 0.1) is 0 Å². The summed E-state index contributed by atoms with van der Waals surface area (Å²) in [6.45, 7) is 11.6. The molecule has 0 saturated heterocycles. The third-order valence-electron chi connectivity index (χ3n) is 5.23. The Bertz CT molecular complexity index is 1350. The van der Waals surface area contributed by atoms with Crippen LogP contribution in [0.4, 0.5) is 5.69 Å². The summed E-state index contributed by atoms with van der Waals surface area (Å²) < 4.78 is 16.6. The summed E-state index contributed by atoms with van der Waals surface area (Å²) in [5, 5.41) is 3.14. The third-order valence-corrected chi connectivity index (χ3v) is 5.67. The molecule has 1 amide bonds. The molecule has 1 heterocycles. The summed E-state index contributed by atoms with van der Waals surface area (Å²) in [4.78, 5) is 47.8. The number of para-hydroxylation sites is 1. The summed E-state index contributed by atoms with van der Waals surface area (Å²) >= 11 is 0. The SMILES string of the molecule is CC(C)(C)c1cc(C(C)(C)C)c(OP(=O)(O)O)cc1NC(=O)c1c[nH]c2ccccc2c1=O.[H-].[H-].[Na+].[Na+]. The normalized spacial score (nSPS) is 11.9. The van der Waals surface area contributed by atoms with Gasteiger partial charge in [-0.3, -0.25) is 19.4 Å². The van der Waals surface area contributed by atoms with E-state index in [4.69, 9.17) is 4.52 Å². The number of amides is 1. The molecule has 3 aromatic rings. The predicted molar refractivity (Wildman–Crippen MR) is 131 cm³/mol. The van der Waals surface area contributed by atoms with Crippen molar-refractivity contribution in [3.8, 4) is 5.75 Å². The van der Waals surface area contributed by atoms with Crippen LogP contribution in [0.25, 0.3) is 10.9 Å². The first-order chi connectivity index (χ1) is 15.1. The first-order valence-corrected chi connectivity index (χ1v) is 12.0. The minimum Gasteiger partial charge on any atom is -1.00 e. The molecule has 0 aliphatic heterocycles. The molecule has 0 spiro atoms. The maximum Gasteiger partial charge on any atom is 1.00 e. The van der Waals surface area contributed by atoms with Gasteiger partial charge in [-0.2, -0.15) is 0 Å². The van der Waals surface area contributed by atoms with Gasteiger partial charge < -0.3 is 17.7 Å². The van der Waals surface area contributed by atoms with Crippen molar-refractivity contribution in [1.29, 1.82) is 0 Å². The van der Waals surface area contributed by atoms with Crippen LogP contribution in [0.15, 0.2) is 47.4 Å². The first-order valence-electron chi connectivity index (χ1n) is 10.4. The number of rotatable bonds is 4. The van der Waals surface area contributed by atoms with Gasteiger partial charge in [-0.1, -0.05) is 53.7 Å². The van der Waals surface area contributed by atoms with Crippen molar-refractivity contribution in [2.75, 3.05) is 5.32 Å². The van der Waals surface area contributed by atoms with E-state index in [9.17, 15) is 23.9 Å². The molecule has 8 nitrogen and oxygen atoms in total. The van der Waals surface area contributed by atoms with Gasteiger partial charge in [0.1, 0.15) is 11.3 Å². The second-order valence-corrected chi connectivity index (χ2v) is 11.2. The number of phosphoric ester groups is 1. The van der Waals surface area contributed by atoms with E-state index in [0.717, 1.165) is 5.56 Å². The maximum absolute atomic E-state index is 13.1. The van der Waals surface area contributed by atoms with E-state index >= 15 is 0 Å². The number of carbonyl (C=O) groups excluding carboxylic acids is 1. The monoisotopic (exact) mass is 520 g/mol. The molecule has 2 aromatic carbocycles. The fourth-order valence-corrected chi connectivity index (χ4v) is 4.03. The number of carbonyl (C=O) groups is 1. The van der Waals surface area contributed by atoms with Crippen LogP contribution in [0.2, 0.25) is 0 Å². The predicted octanol–water partition coefficient (Wildman–Crippen LogP) is -0.920. The van der Waals surface area contributed by atoms with Crippen LogP contribution in [0.5, 0.6) is 5.75 Å². The number of pyridine rings is 1. The van der Waals surface area contributed by atoms with Crippen molar-refractivity contribution in [3.05, 3.63) is 69.5 Å². The zero-order valence-corrected chi connectivity index (χ0v) is 26.4. The van der Waals surface area contributed by atoms with E-state index in [1.165, 1.54) is 12.3 Å². The summed E-state index contributed by atoms with van der Waals surface area (Å²) in [7, 11) is -4.85. The Morgan fingerprint density at radius 2 is 1.57 bits per heavy atom. The van der Waals surface area contributed by atoms with Gasteiger partial charge in [0.15, 0.2) is 0 Å². The Morgan fingerprint density at radius 1 is 1.00 bits per heavy atom. The standard InChI is InChI=1S/C24H29N2O6P.2Na.2H/c1-23(2,3)16-11-17(24(4,5)6)20(32-33(29,30)31)12-19(16)26-22(28)15-13-25-18-10-8-7-9-14(18)21(15)27;;;;/h7-13H,1-6H3,(H,25,27)(H,26,28)(H2,29,30,31);;;;/q;2*+1;2*-1. The molecule has 0 bridgehead atoms. The molecule has 35 heavy (non-hydrogen) atoms. The zero-order chi connectivity index (χ0) is 24.8. The molecule has 0 aliphatic carbocycles. The number of nitrogens with one attached hydrogen (secondary N) is 2. The van der Waals surface area contributed by atoms with Crippen LogP contribution in [-0.4, -0.2) is 20.7 Å². The number of phosphoric acid groups is 1. The molecule has 1 aromatic heterocycles. The van der Waals surface area contributed by atoms with Crippen LogP contribution >= 0.6 is 7.82 Å². The fraction of sp³-hybridized carbons (Fsp3) is 0.333. The van der Waals surface area contributed by atoms with Gasteiger partial charge in [-0.05, 0) is 34.6 Å². The molecular formula is C24H31N2Na2O6P. The minimum absolute atomic E-state index is 0. The number of hydrogen-bond donors (Lipinski definition) is 4. The summed E-state index contributed by atoms with van der Waals surface area (Å²) in [5.74, 6) is -0.676. The average Bonchev–Trinajstić information content (AvgIpc) is 2.65. The van der Waals surface area contributed by atoms with E-state index in [0.29, 0.717) is 22.2 Å². The third kappa shape index (κ3) is 7.78. The Kier molecular flexibility index (Phi) is 10.7. The van der Waals surface area contributed by atoms with E-state index in [1.54, 1.807) is 30.3 Å². The molecule has 0 unspecified atom stereocenters. The molecule has 0 saturated carbocycles. The van der Waals surface area contributed by atoms with E-state index < -0.39 is 30.0 Å². The molecule has 0 atom stereocenters. The van der Waals surface area contributed by atoms with Crippen LogP contribution in [0, 0.1) is 0 Å². The number of benzene rings is 2. The second kappa shape index (κ2) is 11.6. The van der Waals surface area contributed by atoms with Crippen LogP contribution < -0.4 is 74.4 Å². The van der Waals surface area contributed by atoms with E-state index in [-0.39, 0.29) is 73.3 Å². The number of H-pyrrole nitrogens is 1. The number of fused-ring (bicyclic) bond motifs is 1. The number of hydrogen-bond acceptors (Lipinski definition) is 4. The second-order valence-electron chi connectivity index (χ2n) is 10.0. The van der Waals surface area contributed by atoms with E-state index in [1.807, 2.05) is 41.5 Å². The number of anilines is 1. The maximum atomic E-state index is 13.1.